The van der Waals surface area contributed by atoms with Crippen molar-refractivity contribution >= 4 is 26.9 Å². The Labute approximate surface area is 184 Å². The summed E-state index contributed by atoms with van der Waals surface area (Å²) in [5, 5.41) is 9.39. The Morgan fingerprint density at radius 3 is 2.47 bits per heavy atom. The summed E-state index contributed by atoms with van der Waals surface area (Å²) in [6.45, 7) is 0. The Balaban J connectivity index is 1.80. The van der Waals surface area contributed by atoms with Gasteiger partial charge >= 0.3 is 5.97 Å². The van der Waals surface area contributed by atoms with Gasteiger partial charge in [0.1, 0.15) is 11.6 Å². The molecule has 0 fully saturated rings. The average Bonchev–Trinajstić information content (AvgIpc) is 3.16. The lowest BCUT2D eigenvalue weighted by Gasteiger charge is -2.10. The van der Waals surface area contributed by atoms with Gasteiger partial charge in [0, 0.05) is 18.0 Å². The van der Waals surface area contributed by atoms with Gasteiger partial charge in [0.25, 0.3) is 10.0 Å². The highest BCUT2D eigenvalue weighted by Gasteiger charge is 2.22. The zero-order valence-electron chi connectivity index (χ0n) is 17.2. The summed E-state index contributed by atoms with van der Waals surface area (Å²) >= 11 is 0. The highest BCUT2D eigenvalue weighted by atomic mass is 32.2. The van der Waals surface area contributed by atoms with Gasteiger partial charge in [-0.3, -0.25) is 4.79 Å². The van der Waals surface area contributed by atoms with Gasteiger partial charge in [-0.2, -0.15) is 0 Å². The number of benzene rings is 3. The molecule has 0 aliphatic rings. The molecular formula is C24H20FNO5S. The van der Waals surface area contributed by atoms with E-state index in [1.807, 2.05) is 18.2 Å². The lowest BCUT2D eigenvalue weighted by atomic mass is 10.1. The third-order valence-electron chi connectivity index (χ3n) is 5.24. The van der Waals surface area contributed by atoms with Crippen molar-refractivity contribution < 1.29 is 27.4 Å². The Kier molecular flexibility index (Phi) is 5.71. The number of carboxylic acids is 1. The minimum absolute atomic E-state index is 0.0665. The van der Waals surface area contributed by atoms with Crippen LogP contribution in [-0.2, 0) is 21.2 Å². The average molecular weight is 453 g/mol. The molecule has 0 saturated heterocycles. The second-order valence-corrected chi connectivity index (χ2v) is 9.08. The van der Waals surface area contributed by atoms with Gasteiger partial charge in [-0.15, -0.1) is 0 Å². The molecule has 4 aromatic rings. The van der Waals surface area contributed by atoms with Crippen molar-refractivity contribution in [2.75, 3.05) is 7.11 Å². The van der Waals surface area contributed by atoms with Crippen LogP contribution in [0.1, 0.15) is 12.0 Å². The highest BCUT2D eigenvalue weighted by Crippen LogP contribution is 2.30. The number of hydrogen-bond donors (Lipinski definition) is 1. The van der Waals surface area contributed by atoms with E-state index in [9.17, 15) is 17.6 Å². The number of hydrogen-bond acceptors (Lipinski definition) is 4. The summed E-state index contributed by atoms with van der Waals surface area (Å²) in [6.07, 6.45) is 1.27. The second-order valence-electron chi connectivity index (χ2n) is 7.27. The Hall–Kier alpha value is -3.65. The van der Waals surface area contributed by atoms with Gasteiger partial charge in [0.2, 0.25) is 0 Å². The van der Waals surface area contributed by atoms with Crippen LogP contribution in [0.2, 0.25) is 0 Å². The van der Waals surface area contributed by atoms with Crippen molar-refractivity contribution in [3.63, 3.8) is 0 Å². The number of fused-ring (bicyclic) bond motifs is 1. The van der Waals surface area contributed by atoms with Crippen LogP contribution in [0.5, 0.6) is 5.75 Å². The fourth-order valence-corrected chi connectivity index (χ4v) is 5.05. The zero-order valence-corrected chi connectivity index (χ0v) is 18.0. The third kappa shape index (κ3) is 4.09. The molecule has 0 bridgehead atoms. The molecule has 0 amide bonds. The van der Waals surface area contributed by atoms with E-state index < -0.39 is 21.8 Å². The van der Waals surface area contributed by atoms with Crippen LogP contribution in [-0.4, -0.2) is 30.6 Å². The molecule has 164 valence electrons. The zero-order chi connectivity index (χ0) is 22.9. The van der Waals surface area contributed by atoms with E-state index in [2.05, 4.69) is 0 Å². The second kappa shape index (κ2) is 8.47. The Morgan fingerprint density at radius 2 is 1.78 bits per heavy atom. The summed E-state index contributed by atoms with van der Waals surface area (Å²) < 4.78 is 47.1. The molecule has 0 radical (unpaired) electrons. The highest BCUT2D eigenvalue weighted by molar-refractivity contribution is 7.90. The SMILES string of the molecule is COc1ccc(-c2cccc(S(=O)(=O)n3cc(CCC(=O)O)c4cc(F)ccc43)c2)cc1. The molecule has 0 unspecified atom stereocenters. The molecule has 1 N–H and O–H groups in total. The molecule has 3 aromatic carbocycles. The quantitative estimate of drug-likeness (QED) is 0.438. The number of carbonyl (C=O) groups is 1. The van der Waals surface area contributed by atoms with Gasteiger partial charge in [-0.25, -0.2) is 16.8 Å². The predicted molar refractivity (Wildman–Crippen MR) is 119 cm³/mol. The molecule has 8 heteroatoms. The standard InChI is InChI=1S/C24H20FNO5S/c1-31-20-9-5-16(6-10-20)17-3-2-4-21(13-17)32(29,30)26-15-18(7-12-24(27)28)22-14-19(25)8-11-23(22)26/h2-6,8-11,13-15H,7,12H2,1H3,(H,27,28). The van der Waals surface area contributed by atoms with Crippen LogP contribution in [0.15, 0.2) is 77.8 Å². The number of halogens is 1. The largest absolute Gasteiger partial charge is 0.497 e. The van der Waals surface area contributed by atoms with Crippen molar-refractivity contribution in [1.82, 2.24) is 3.97 Å². The Morgan fingerprint density at radius 1 is 1.03 bits per heavy atom. The molecule has 6 nitrogen and oxygen atoms in total. The van der Waals surface area contributed by atoms with E-state index in [1.165, 1.54) is 30.5 Å². The van der Waals surface area contributed by atoms with Crippen LogP contribution in [0.4, 0.5) is 4.39 Å². The first-order valence-corrected chi connectivity index (χ1v) is 11.2. The van der Waals surface area contributed by atoms with E-state index >= 15 is 0 Å². The van der Waals surface area contributed by atoms with E-state index in [4.69, 9.17) is 9.84 Å². The minimum Gasteiger partial charge on any atom is -0.497 e. The first-order valence-electron chi connectivity index (χ1n) is 9.81. The summed E-state index contributed by atoms with van der Waals surface area (Å²) in [5.74, 6) is -0.847. The maximum atomic E-state index is 13.9. The molecule has 0 saturated carbocycles. The van der Waals surface area contributed by atoms with Crippen LogP contribution in [0, 0.1) is 5.82 Å². The van der Waals surface area contributed by atoms with Crippen molar-refractivity contribution in [1.29, 1.82) is 0 Å². The summed E-state index contributed by atoms with van der Waals surface area (Å²) in [5.41, 5.74) is 2.28. The number of aromatic nitrogens is 1. The van der Waals surface area contributed by atoms with Gasteiger partial charge in [0.15, 0.2) is 0 Å². The minimum atomic E-state index is -4.02. The number of methoxy groups -OCH3 is 1. The molecule has 4 rings (SSSR count). The third-order valence-corrected chi connectivity index (χ3v) is 6.91. The molecular weight excluding hydrogens is 433 g/mol. The van der Waals surface area contributed by atoms with Crippen LogP contribution in [0.25, 0.3) is 22.0 Å². The molecule has 1 aromatic heterocycles. The number of rotatable bonds is 7. The summed E-state index contributed by atoms with van der Waals surface area (Å²) in [6, 6.07) is 17.6. The first kappa shape index (κ1) is 21.6. The number of aliphatic carboxylic acids is 1. The number of aryl methyl sites for hydroxylation is 1. The van der Waals surface area contributed by atoms with Crippen molar-refractivity contribution in [3.8, 4) is 16.9 Å². The predicted octanol–water partition coefficient (Wildman–Crippen LogP) is 4.71. The lowest BCUT2D eigenvalue weighted by Crippen LogP contribution is -2.12. The number of carboxylic acid groups (broad SMARTS) is 1. The maximum absolute atomic E-state index is 13.9. The lowest BCUT2D eigenvalue weighted by molar-refractivity contribution is -0.136. The van der Waals surface area contributed by atoms with Gasteiger partial charge in [0.05, 0.1) is 17.5 Å². The molecule has 0 spiro atoms. The molecule has 0 aliphatic heterocycles. The van der Waals surface area contributed by atoms with Crippen molar-refractivity contribution in [2.45, 2.75) is 17.7 Å². The van der Waals surface area contributed by atoms with Crippen LogP contribution in [0.3, 0.4) is 0 Å². The first-order chi connectivity index (χ1) is 15.3. The van der Waals surface area contributed by atoms with Crippen LogP contribution < -0.4 is 4.74 Å². The normalized spacial score (nSPS) is 11.6. The van der Waals surface area contributed by atoms with Gasteiger partial charge < -0.3 is 9.84 Å². The van der Waals surface area contributed by atoms with E-state index in [0.29, 0.717) is 27.8 Å². The topological polar surface area (TPSA) is 85.6 Å². The van der Waals surface area contributed by atoms with Crippen molar-refractivity contribution in [3.05, 3.63) is 84.3 Å². The Bertz CT molecular complexity index is 1410. The van der Waals surface area contributed by atoms with E-state index in [0.717, 1.165) is 9.54 Å². The molecule has 32 heavy (non-hydrogen) atoms. The maximum Gasteiger partial charge on any atom is 0.303 e. The van der Waals surface area contributed by atoms with E-state index in [1.54, 1.807) is 31.4 Å². The van der Waals surface area contributed by atoms with Crippen LogP contribution >= 0.6 is 0 Å². The van der Waals surface area contributed by atoms with Crippen molar-refractivity contribution in [2.24, 2.45) is 0 Å². The molecule has 0 aliphatic carbocycles. The fraction of sp³-hybridized carbons (Fsp3) is 0.125. The van der Waals surface area contributed by atoms with Gasteiger partial charge in [-0.1, -0.05) is 24.3 Å². The summed E-state index contributed by atoms with van der Waals surface area (Å²) in [4.78, 5) is 11.1. The van der Waals surface area contributed by atoms with Gasteiger partial charge in [-0.05, 0) is 65.6 Å². The number of ether oxygens (including phenoxy) is 1. The molecule has 0 atom stereocenters. The smallest absolute Gasteiger partial charge is 0.303 e. The molecule has 1 heterocycles. The summed E-state index contributed by atoms with van der Waals surface area (Å²) in [7, 11) is -2.45. The monoisotopic (exact) mass is 453 g/mol. The fourth-order valence-electron chi connectivity index (χ4n) is 3.61. The number of nitrogens with zero attached hydrogens (tertiary/aromatic N) is 1. The van der Waals surface area contributed by atoms with E-state index in [-0.39, 0.29) is 17.7 Å².